The summed E-state index contributed by atoms with van der Waals surface area (Å²) in [7, 11) is 0. The third kappa shape index (κ3) is 4.17. The highest BCUT2D eigenvalue weighted by Gasteiger charge is 2.24. The van der Waals surface area contributed by atoms with Crippen molar-refractivity contribution >= 4 is 11.7 Å². The molecule has 7 nitrogen and oxygen atoms in total. The average molecular weight is 319 g/mol. The minimum atomic E-state index is -0.547. The van der Waals surface area contributed by atoms with Crippen molar-refractivity contribution in [3.8, 4) is 0 Å². The van der Waals surface area contributed by atoms with Crippen LogP contribution in [0.25, 0.3) is 0 Å². The number of aliphatic hydroxyl groups excluding tert-OH is 1. The molecule has 0 spiro atoms. The number of primary amides is 1. The Morgan fingerprint density at radius 2 is 1.83 bits per heavy atom. The molecule has 1 aromatic heterocycles. The van der Waals surface area contributed by atoms with E-state index in [-0.39, 0.29) is 11.8 Å². The predicted molar refractivity (Wildman–Crippen MR) is 87.2 cm³/mol. The minimum Gasteiger partial charge on any atom is -0.393 e. The van der Waals surface area contributed by atoms with Gasteiger partial charge in [-0.25, -0.2) is 0 Å². The van der Waals surface area contributed by atoms with Crippen LogP contribution in [0.15, 0.2) is 12.1 Å². The van der Waals surface area contributed by atoms with Crippen molar-refractivity contribution < 1.29 is 9.90 Å². The Kier molecular flexibility index (Phi) is 5.07. The number of likely N-dealkylation sites (tertiary alicyclic amines) is 1. The lowest BCUT2D eigenvalue weighted by atomic mass is 9.95. The van der Waals surface area contributed by atoms with Gasteiger partial charge in [-0.05, 0) is 43.7 Å². The Morgan fingerprint density at radius 1 is 1.13 bits per heavy atom. The Hall–Kier alpha value is -1.73. The largest absolute Gasteiger partial charge is 0.393 e. The van der Waals surface area contributed by atoms with Gasteiger partial charge in [-0.15, -0.1) is 10.2 Å². The monoisotopic (exact) mass is 319 g/mol. The first-order chi connectivity index (χ1) is 11.1. The van der Waals surface area contributed by atoms with Crippen LogP contribution in [-0.4, -0.2) is 64.9 Å². The number of carbonyl (C=O) groups is 1. The second-order valence-corrected chi connectivity index (χ2v) is 6.60. The molecule has 3 heterocycles. The molecule has 3 N–H and O–H groups in total. The number of hydrogen-bond acceptors (Lipinski definition) is 6. The summed E-state index contributed by atoms with van der Waals surface area (Å²) in [6, 6.07) is 3.45. The van der Waals surface area contributed by atoms with Gasteiger partial charge in [0.1, 0.15) is 0 Å². The topological polar surface area (TPSA) is 95.6 Å². The highest BCUT2D eigenvalue weighted by atomic mass is 16.3. The first-order valence-electron chi connectivity index (χ1n) is 8.40. The Labute approximate surface area is 136 Å². The third-order valence-corrected chi connectivity index (χ3v) is 4.91. The number of hydrogen-bond donors (Lipinski definition) is 2. The fourth-order valence-corrected chi connectivity index (χ4v) is 3.44. The number of anilines is 1. The summed E-state index contributed by atoms with van der Waals surface area (Å²) in [5, 5.41) is 17.6. The lowest BCUT2D eigenvalue weighted by Gasteiger charge is -2.37. The van der Waals surface area contributed by atoms with E-state index in [0.717, 1.165) is 64.2 Å². The SMILES string of the molecule is NC(=O)c1ccc(N2CCC(CN3CCC(O)CC3)CC2)nn1. The van der Waals surface area contributed by atoms with Crippen molar-refractivity contribution in [2.24, 2.45) is 11.7 Å². The Bertz CT molecular complexity index is 520. The molecular formula is C16H25N5O2. The lowest BCUT2D eigenvalue weighted by molar-refractivity contribution is 0.0723. The molecule has 1 aromatic rings. The van der Waals surface area contributed by atoms with Crippen LogP contribution < -0.4 is 10.6 Å². The molecule has 0 bridgehead atoms. The highest BCUT2D eigenvalue weighted by Crippen LogP contribution is 2.23. The van der Waals surface area contributed by atoms with E-state index >= 15 is 0 Å². The number of amides is 1. The van der Waals surface area contributed by atoms with E-state index in [9.17, 15) is 9.90 Å². The van der Waals surface area contributed by atoms with E-state index in [1.807, 2.05) is 6.07 Å². The first kappa shape index (κ1) is 16.1. The van der Waals surface area contributed by atoms with Gasteiger partial charge >= 0.3 is 0 Å². The van der Waals surface area contributed by atoms with Gasteiger partial charge in [0.05, 0.1) is 6.10 Å². The molecule has 0 saturated carbocycles. The van der Waals surface area contributed by atoms with Gasteiger partial charge in [-0.1, -0.05) is 0 Å². The predicted octanol–water partition coefficient (Wildman–Crippen LogP) is 0.249. The molecule has 7 heteroatoms. The van der Waals surface area contributed by atoms with Gasteiger partial charge in [-0.2, -0.15) is 0 Å². The van der Waals surface area contributed by atoms with Crippen LogP contribution in [0.3, 0.4) is 0 Å². The summed E-state index contributed by atoms with van der Waals surface area (Å²) in [6.45, 7) is 5.09. The smallest absolute Gasteiger partial charge is 0.269 e. The van der Waals surface area contributed by atoms with Crippen molar-refractivity contribution in [3.05, 3.63) is 17.8 Å². The van der Waals surface area contributed by atoms with Gasteiger partial charge in [-0.3, -0.25) is 4.79 Å². The zero-order valence-corrected chi connectivity index (χ0v) is 13.4. The highest BCUT2D eigenvalue weighted by molar-refractivity contribution is 5.90. The van der Waals surface area contributed by atoms with E-state index in [2.05, 4.69) is 20.0 Å². The molecule has 2 aliphatic rings. The maximum absolute atomic E-state index is 11.0. The molecule has 0 radical (unpaired) electrons. The zero-order chi connectivity index (χ0) is 16.2. The van der Waals surface area contributed by atoms with Gasteiger partial charge < -0.3 is 20.6 Å². The van der Waals surface area contributed by atoms with Gasteiger partial charge in [0.2, 0.25) is 0 Å². The van der Waals surface area contributed by atoms with Crippen molar-refractivity contribution in [1.82, 2.24) is 15.1 Å². The maximum Gasteiger partial charge on any atom is 0.269 e. The van der Waals surface area contributed by atoms with Gasteiger partial charge in [0.25, 0.3) is 5.91 Å². The van der Waals surface area contributed by atoms with Gasteiger partial charge in [0.15, 0.2) is 11.5 Å². The fourth-order valence-electron chi connectivity index (χ4n) is 3.44. The van der Waals surface area contributed by atoms with E-state index < -0.39 is 5.91 Å². The van der Waals surface area contributed by atoms with Crippen molar-refractivity contribution in [3.63, 3.8) is 0 Å². The van der Waals surface area contributed by atoms with Crippen molar-refractivity contribution in [2.45, 2.75) is 31.8 Å². The number of aliphatic hydroxyl groups is 1. The molecule has 0 aliphatic carbocycles. The Balaban J connectivity index is 1.47. The molecule has 2 fully saturated rings. The molecule has 1 amide bonds. The number of piperidine rings is 2. The van der Waals surface area contributed by atoms with E-state index in [4.69, 9.17) is 5.73 Å². The Morgan fingerprint density at radius 3 is 2.39 bits per heavy atom. The number of nitrogens with two attached hydrogens (primary N) is 1. The van der Waals surface area contributed by atoms with Gasteiger partial charge in [0, 0.05) is 32.7 Å². The third-order valence-electron chi connectivity index (χ3n) is 4.91. The summed E-state index contributed by atoms with van der Waals surface area (Å²) >= 11 is 0. The number of rotatable bonds is 4. The van der Waals surface area contributed by atoms with E-state index in [0.29, 0.717) is 5.92 Å². The maximum atomic E-state index is 11.0. The first-order valence-corrected chi connectivity index (χ1v) is 8.40. The molecule has 0 aromatic carbocycles. The molecule has 0 atom stereocenters. The summed E-state index contributed by atoms with van der Waals surface area (Å²) < 4.78 is 0. The lowest BCUT2D eigenvalue weighted by Crippen LogP contribution is -2.42. The summed E-state index contributed by atoms with van der Waals surface area (Å²) in [6.07, 6.45) is 3.98. The van der Waals surface area contributed by atoms with Crippen LogP contribution in [0.5, 0.6) is 0 Å². The minimum absolute atomic E-state index is 0.102. The number of aromatic nitrogens is 2. The van der Waals surface area contributed by atoms with Crippen LogP contribution in [-0.2, 0) is 0 Å². The van der Waals surface area contributed by atoms with Crippen LogP contribution in [0, 0.1) is 5.92 Å². The number of carbonyl (C=O) groups excluding carboxylic acids is 1. The van der Waals surface area contributed by atoms with E-state index in [1.54, 1.807) is 6.07 Å². The second kappa shape index (κ2) is 7.23. The van der Waals surface area contributed by atoms with Crippen LogP contribution in [0.4, 0.5) is 5.82 Å². The molecule has 126 valence electrons. The zero-order valence-electron chi connectivity index (χ0n) is 13.4. The van der Waals surface area contributed by atoms with Crippen molar-refractivity contribution in [2.75, 3.05) is 37.6 Å². The number of nitrogens with zero attached hydrogens (tertiary/aromatic N) is 4. The molecule has 3 rings (SSSR count). The van der Waals surface area contributed by atoms with E-state index in [1.165, 1.54) is 0 Å². The molecule has 2 saturated heterocycles. The standard InChI is InChI=1S/C16H25N5O2/c17-16(23)14-1-2-15(19-18-14)21-9-3-12(4-10-21)11-20-7-5-13(22)6-8-20/h1-2,12-13,22H,3-11H2,(H2,17,23). The molecule has 23 heavy (non-hydrogen) atoms. The van der Waals surface area contributed by atoms with Crippen LogP contribution >= 0.6 is 0 Å². The molecule has 0 unspecified atom stereocenters. The second-order valence-electron chi connectivity index (χ2n) is 6.60. The van der Waals surface area contributed by atoms with Crippen molar-refractivity contribution in [1.29, 1.82) is 0 Å². The molecular weight excluding hydrogens is 294 g/mol. The average Bonchev–Trinajstić information content (AvgIpc) is 2.58. The summed E-state index contributed by atoms with van der Waals surface area (Å²) in [5.74, 6) is 0.975. The summed E-state index contributed by atoms with van der Waals surface area (Å²) in [5.41, 5.74) is 5.39. The molecule has 2 aliphatic heterocycles. The van der Waals surface area contributed by atoms with Crippen LogP contribution in [0.2, 0.25) is 0 Å². The quantitative estimate of drug-likeness (QED) is 0.826. The normalized spacial score (nSPS) is 21.5. The summed E-state index contributed by atoms with van der Waals surface area (Å²) in [4.78, 5) is 15.7. The fraction of sp³-hybridized carbons (Fsp3) is 0.688. The van der Waals surface area contributed by atoms with Crippen LogP contribution in [0.1, 0.15) is 36.2 Å².